The number of hydrogen-bond donors (Lipinski definition) is 3. The molecule has 2 heterocycles. The van der Waals surface area contributed by atoms with Crippen molar-refractivity contribution in [3.8, 4) is 0 Å². The Bertz CT molecular complexity index is 1080. The van der Waals surface area contributed by atoms with Crippen molar-refractivity contribution in [2.24, 2.45) is 0 Å². The number of esters is 1. The molecule has 2 atom stereocenters. The van der Waals surface area contributed by atoms with E-state index in [1.165, 1.54) is 0 Å². The minimum Gasteiger partial charge on any atom is -0.454 e. The van der Waals surface area contributed by atoms with Crippen LogP contribution in [-0.4, -0.2) is 40.0 Å². The minimum atomic E-state index is -0.598. The number of fused-ring (bicyclic) bond motifs is 1. The van der Waals surface area contributed by atoms with E-state index in [2.05, 4.69) is 32.7 Å². The monoisotopic (exact) mass is 442 g/mol. The largest absolute Gasteiger partial charge is 0.454 e. The summed E-state index contributed by atoms with van der Waals surface area (Å²) in [5.41, 5.74) is 2.50. The molecule has 1 amide bonds. The lowest BCUT2D eigenvalue weighted by molar-refractivity contribution is -0.118. The second-order valence-electron chi connectivity index (χ2n) is 8.55. The predicted octanol–water partition coefficient (Wildman–Crippen LogP) is 4.02. The fraction of sp³-hybridized carbons (Fsp3) is 0.348. The van der Waals surface area contributed by atoms with Crippen LogP contribution in [0.25, 0.3) is 11.0 Å². The molecule has 0 radical (unpaired) electrons. The van der Waals surface area contributed by atoms with Gasteiger partial charge in [0.25, 0.3) is 0 Å². The van der Waals surface area contributed by atoms with E-state index in [1.54, 1.807) is 39.0 Å². The second kappa shape index (κ2) is 9.08. The number of carbonyl (C=O) groups excluding carboxylic acids is 2. The average molecular weight is 443 g/mol. The smallest absolute Gasteiger partial charge is 0.374 e. The Balaban J connectivity index is 0.00000272. The van der Waals surface area contributed by atoms with Gasteiger partial charge in [-0.2, -0.15) is 0 Å². The quantitative estimate of drug-likeness (QED) is 0.530. The third-order valence-electron chi connectivity index (χ3n) is 5.07. The first-order chi connectivity index (χ1) is 14.3. The van der Waals surface area contributed by atoms with E-state index in [9.17, 15) is 9.59 Å². The van der Waals surface area contributed by atoms with Gasteiger partial charge in [-0.1, -0.05) is 30.3 Å². The summed E-state index contributed by atoms with van der Waals surface area (Å²) < 4.78 is 5.36. The number of halogens is 1. The highest BCUT2D eigenvalue weighted by Crippen LogP contribution is 2.28. The van der Waals surface area contributed by atoms with Gasteiger partial charge >= 0.3 is 5.97 Å². The lowest BCUT2D eigenvalue weighted by atomic mass is 9.91. The van der Waals surface area contributed by atoms with Gasteiger partial charge in [0.2, 0.25) is 11.7 Å². The summed E-state index contributed by atoms with van der Waals surface area (Å²) in [5, 5.41) is 6.30. The molecule has 164 valence electrons. The van der Waals surface area contributed by atoms with Crippen LogP contribution in [0.1, 0.15) is 49.3 Å². The van der Waals surface area contributed by atoms with Gasteiger partial charge in [-0.15, -0.1) is 12.4 Å². The van der Waals surface area contributed by atoms with Gasteiger partial charge in [-0.3, -0.25) is 4.79 Å². The maximum absolute atomic E-state index is 12.9. The Hall–Kier alpha value is -2.90. The van der Waals surface area contributed by atoms with Crippen molar-refractivity contribution < 1.29 is 14.3 Å². The molecule has 7 nitrogen and oxygen atoms in total. The highest BCUT2D eigenvalue weighted by Gasteiger charge is 2.33. The van der Waals surface area contributed by atoms with E-state index in [-0.39, 0.29) is 36.1 Å². The molecule has 0 unspecified atom stereocenters. The van der Waals surface area contributed by atoms with Gasteiger partial charge in [0, 0.05) is 11.6 Å². The summed E-state index contributed by atoms with van der Waals surface area (Å²) in [7, 11) is 0. The predicted molar refractivity (Wildman–Crippen MR) is 123 cm³/mol. The number of aromatic nitrogens is 2. The standard InChI is InChI=1S/C23H26N4O3.ClH/c1-23(2,3)30-22(29)20-26-17-10-9-15(13-18(17)27-20)25-21(28)19-16(11-12-24-19)14-7-5-4-6-8-14;/h4-10,13,16,19,24H,11-12H2,1-3H3,(H,25,28)(H,26,27);1H/t16-,19+;/m1./s1. The number of aromatic amines is 1. The third kappa shape index (κ3) is 5.24. The summed E-state index contributed by atoms with van der Waals surface area (Å²) in [6.07, 6.45) is 0.918. The zero-order chi connectivity index (χ0) is 21.3. The Morgan fingerprint density at radius 3 is 2.58 bits per heavy atom. The number of ether oxygens (including phenoxy) is 1. The van der Waals surface area contributed by atoms with Crippen molar-refractivity contribution in [1.82, 2.24) is 15.3 Å². The van der Waals surface area contributed by atoms with Crippen molar-refractivity contribution in [2.75, 3.05) is 11.9 Å². The highest BCUT2D eigenvalue weighted by atomic mass is 35.5. The molecule has 4 rings (SSSR count). The fourth-order valence-electron chi connectivity index (χ4n) is 3.77. The van der Waals surface area contributed by atoms with Crippen molar-refractivity contribution in [3.05, 3.63) is 59.9 Å². The van der Waals surface area contributed by atoms with E-state index in [4.69, 9.17) is 4.74 Å². The normalized spacial score (nSPS) is 18.4. The second-order valence-corrected chi connectivity index (χ2v) is 8.55. The molecule has 0 aliphatic carbocycles. The number of carbonyl (C=O) groups is 2. The lowest BCUT2D eigenvalue weighted by Gasteiger charge is -2.19. The number of nitrogens with one attached hydrogen (secondary N) is 3. The molecule has 1 aliphatic rings. The molecular formula is C23H27ClN4O3. The number of rotatable bonds is 4. The summed E-state index contributed by atoms with van der Waals surface area (Å²) in [5.74, 6) is -0.302. The summed E-state index contributed by atoms with van der Waals surface area (Å²) in [6, 6.07) is 15.1. The summed E-state index contributed by atoms with van der Waals surface area (Å²) in [4.78, 5) is 32.4. The number of amides is 1. The van der Waals surface area contributed by atoms with Gasteiger partial charge in [0.05, 0.1) is 17.1 Å². The Labute approximate surface area is 187 Å². The van der Waals surface area contributed by atoms with E-state index in [1.807, 2.05) is 18.2 Å². The molecule has 8 heteroatoms. The van der Waals surface area contributed by atoms with Crippen LogP contribution in [0.5, 0.6) is 0 Å². The van der Waals surface area contributed by atoms with Crippen LogP contribution in [0, 0.1) is 0 Å². The van der Waals surface area contributed by atoms with Gasteiger partial charge in [-0.05, 0) is 57.5 Å². The van der Waals surface area contributed by atoms with E-state index in [0.717, 1.165) is 18.5 Å². The van der Waals surface area contributed by atoms with Crippen LogP contribution < -0.4 is 10.6 Å². The summed E-state index contributed by atoms with van der Waals surface area (Å²) >= 11 is 0. The first-order valence-electron chi connectivity index (χ1n) is 10.1. The van der Waals surface area contributed by atoms with Gasteiger partial charge < -0.3 is 20.4 Å². The van der Waals surface area contributed by atoms with Crippen LogP contribution in [0.2, 0.25) is 0 Å². The molecule has 1 aromatic heterocycles. The van der Waals surface area contributed by atoms with Crippen molar-refractivity contribution in [1.29, 1.82) is 0 Å². The maximum Gasteiger partial charge on any atom is 0.374 e. The SMILES string of the molecule is CC(C)(C)OC(=O)c1nc2ccc(NC(=O)[C@H]3NCC[C@@H]3c3ccccc3)cc2[nH]1.Cl. The number of benzene rings is 2. The maximum atomic E-state index is 12.9. The van der Waals surface area contributed by atoms with E-state index in [0.29, 0.717) is 16.7 Å². The highest BCUT2D eigenvalue weighted by molar-refractivity contribution is 5.98. The number of nitrogens with zero attached hydrogens (tertiary/aromatic N) is 1. The first kappa shape index (κ1) is 22.8. The molecule has 3 aromatic rings. The topological polar surface area (TPSA) is 96.1 Å². The van der Waals surface area contributed by atoms with E-state index >= 15 is 0 Å². The number of hydrogen-bond acceptors (Lipinski definition) is 5. The molecule has 0 spiro atoms. The minimum absolute atomic E-state index is 0. The molecule has 1 aliphatic heterocycles. The third-order valence-corrected chi connectivity index (χ3v) is 5.07. The fourth-order valence-corrected chi connectivity index (χ4v) is 3.77. The lowest BCUT2D eigenvalue weighted by Crippen LogP contribution is -2.39. The van der Waals surface area contributed by atoms with Crippen LogP contribution in [0.3, 0.4) is 0 Å². The zero-order valence-corrected chi connectivity index (χ0v) is 18.6. The zero-order valence-electron chi connectivity index (χ0n) is 17.8. The number of imidazole rings is 1. The molecular weight excluding hydrogens is 416 g/mol. The Kier molecular flexibility index (Phi) is 6.67. The molecule has 0 saturated carbocycles. The molecule has 1 fully saturated rings. The first-order valence-corrected chi connectivity index (χ1v) is 10.1. The molecule has 1 saturated heterocycles. The van der Waals surface area contributed by atoms with Crippen molar-refractivity contribution in [2.45, 2.75) is 44.8 Å². The molecule has 31 heavy (non-hydrogen) atoms. The average Bonchev–Trinajstić information content (AvgIpc) is 3.34. The number of anilines is 1. The van der Waals surface area contributed by atoms with Crippen molar-refractivity contribution in [3.63, 3.8) is 0 Å². The van der Waals surface area contributed by atoms with Crippen LogP contribution >= 0.6 is 12.4 Å². The number of H-pyrrole nitrogens is 1. The van der Waals surface area contributed by atoms with Gasteiger partial charge in [-0.25, -0.2) is 9.78 Å². The molecule has 0 bridgehead atoms. The Morgan fingerprint density at radius 1 is 1.13 bits per heavy atom. The Morgan fingerprint density at radius 2 is 1.87 bits per heavy atom. The van der Waals surface area contributed by atoms with Crippen molar-refractivity contribution >= 4 is 41.0 Å². The summed E-state index contributed by atoms with van der Waals surface area (Å²) in [6.45, 7) is 6.22. The molecule has 3 N–H and O–H groups in total. The van der Waals surface area contributed by atoms with Gasteiger partial charge in [0.1, 0.15) is 5.60 Å². The van der Waals surface area contributed by atoms with Crippen LogP contribution in [-0.2, 0) is 9.53 Å². The van der Waals surface area contributed by atoms with Crippen LogP contribution in [0.4, 0.5) is 5.69 Å². The van der Waals surface area contributed by atoms with E-state index < -0.39 is 11.6 Å². The molecule has 2 aromatic carbocycles. The van der Waals surface area contributed by atoms with Crippen LogP contribution in [0.15, 0.2) is 48.5 Å². The van der Waals surface area contributed by atoms with Gasteiger partial charge in [0.15, 0.2) is 0 Å².